The first-order valence-corrected chi connectivity index (χ1v) is 5.97. The summed E-state index contributed by atoms with van der Waals surface area (Å²) < 4.78 is 4.20. The average Bonchev–Trinajstić information content (AvgIpc) is 2.94. The summed E-state index contributed by atoms with van der Waals surface area (Å²) >= 11 is 1.34. The third kappa shape index (κ3) is 2.70. The van der Waals surface area contributed by atoms with Crippen LogP contribution in [0.3, 0.4) is 0 Å². The molecule has 3 aromatic rings. The minimum Gasteiger partial charge on any atom is -0.272 e. The summed E-state index contributed by atoms with van der Waals surface area (Å²) in [4.78, 5) is 8.50. The van der Waals surface area contributed by atoms with Crippen LogP contribution in [-0.4, -0.2) is 14.3 Å². The van der Waals surface area contributed by atoms with Crippen LogP contribution in [0.2, 0.25) is 0 Å². The summed E-state index contributed by atoms with van der Waals surface area (Å²) in [6, 6.07) is 14.9. The molecule has 0 saturated carbocycles. The van der Waals surface area contributed by atoms with Gasteiger partial charge in [0.1, 0.15) is 0 Å². The summed E-state index contributed by atoms with van der Waals surface area (Å²) in [5.41, 5.74) is 4.61. The van der Waals surface area contributed by atoms with Crippen LogP contribution in [0, 0.1) is 6.07 Å². The van der Waals surface area contributed by atoms with Crippen molar-refractivity contribution in [3.05, 3.63) is 54.2 Å². The van der Waals surface area contributed by atoms with Crippen LogP contribution in [0.5, 0.6) is 0 Å². The smallest absolute Gasteiger partial charge is 0.0886 e. The Morgan fingerprint density at radius 3 is 2.78 bits per heavy atom. The van der Waals surface area contributed by atoms with Crippen molar-refractivity contribution in [1.82, 2.24) is 14.3 Å². The maximum absolute atomic E-state index is 4.32. The molecule has 0 fully saturated rings. The molecular formula is C13H8IrN3S-. The van der Waals surface area contributed by atoms with Crippen molar-refractivity contribution < 1.29 is 20.1 Å². The van der Waals surface area contributed by atoms with Gasteiger partial charge in [0, 0.05) is 26.3 Å². The van der Waals surface area contributed by atoms with E-state index < -0.39 is 0 Å². The Morgan fingerprint density at radius 2 is 2.06 bits per heavy atom. The van der Waals surface area contributed by atoms with Crippen molar-refractivity contribution in [3.63, 3.8) is 0 Å². The Kier molecular flexibility index (Phi) is 4.31. The van der Waals surface area contributed by atoms with Gasteiger partial charge in [-0.1, -0.05) is 11.6 Å². The van der Waals surface area contributed by atoms with E-state index in [9.17, 15) is 0 Å². The summed E-state index contributed by atoms with van der Waals surface area (Å²) in [5.74, 6) is 0.716. The fraction of sp³-hybridized carbons (Fsp3) is 0. The van der Waals surface area contributed by atoms with Gasteiger partial charge >= 0.3 is 0 Å². The molecule has 0 aliphatic rings. The monoisotopic (exact) mass is 431 g/mol. The summed E-state index contributed by atoms with van der Waals surface area (Å²) in [7, 11) is 0. The first-order valence-electron chi connectivity index (χ1n) is 5.13. The zero-order valence-corrected chi connectivity index (χ0v) is 12.4. The molecule has 0 bridgehead atoms. The maximum atomic E-state index is 4.32. The Hall–Kier alpha value is -1.42. The first kappa shape index (κ1) is 13.0. The van der Waals surface area contributed by atoms with Gasteiger partial charge in [-0.05, 0) is 23.7 Å². The van der Waals surface area contributed by atoms with E-state index in [0.717, 1.165) is 16.8 Å². The second-order valence-electron chi connectivity index (χ2n) is 3.46. The number of rotatable bonds is 2. The van der Waals surface area contributed by atoms with Crippen molar-refractivity contribution in [2.75, 3.05) is 0 Å². The van der Waals surface area contributed by atoms with E-state index in [0.29, 0.717) is 5.82 Å². The van der Waals surface area contributed by atoms with Gasteiger partial charge in [-0.3, -0.25) is 9.97 Å². The Bertz CT molecular complexity index is 611. The third-order valence-corrected chi connectivity index (χ3v) is 2.84. The molecule has 0 unspecified atom stereocenters. The van der Waals surface area contributed by atoms with Crippen LogP contribution in [0.1, 0.15) is 0 Å². The molecule has 1 radical (unpaired) electrons. The van der Waals surface area contributed by atoms with E-state index in [2.05, 4.69) is 20.4 Å². The number of hydrogen-bond donors (Lipinski definition) is 0. The predicted molar refractivity (Wildman–Crippen MR) is 67.4 cm³/mol. The van der Waals surface area contributed by atoms with Crippen molar-refractivity contribution >= 4 is 11.5 Å². The first-order chi connectivity index (χ1) is 8.43. The van der Waals surface area contributed by atoms with Gasteiger partial charge in [-0.25, -0.2) is 4.37 Å². The van der Waals surface area contributed by atoms with E-state index in [1.54, 1.807) is 11.7 Å². The quantitative estimate of drug-likeness (QED) is 0.587. The molecule has 0 amide bonds. The topological polar surface area (TPSA) is 38.7 Å². The molecule has 3 nitrogen and oxygen atoms in total. The number of nitrogens with zero attached hydrogens (tertiary/aromatic N) is 3. The SMILES string of the molecule is [Ir].[c-]1ccc(-c2ccccn2)cc1-c1ncsn1. The molecule has 2 heterocycles. The van der Waals surface area contributed by atoms with Crippen LogP contribution >= 0.6 is 11.5 Å². The van der Waals surface area contributed by atoms with E-state index in [1.807, 2.05) is 36.4 Å². The molecule has 0 aliphatic carbocycles. The molecule has 0 saturated heterocycles. The molecule has 5 heteroatoms. The fourth-order valence-electron chi connectivity index (χ4n) is 1.58. The number of benzene rings is 1. The zero-order chi connectivity index (χ0) is 11.5. The normalized spacial score (nSPS) is 9.78. The molecule has 3 rings (SSSR count). The van der Waals surface area contributed by atoms with Crippen LogP contribution in [-0.2, 0) is 20.1 Å². The van der Waals surface area contributed by atoms with Gasteiger partial charge in [0.15, 0.2) is 0 Å². The Labute approximate surface area is 122 Å². The molecule has 0 spiro atoms. The second kappa shape index (κ2) is 5.96. The van der Waals surface area contributed by atoms with E-state index in [-0.39, 0.29) is 20.1 Å². The van der Waals surface area contributed by atoms with Crippen LogP contribution in [0.25, 0.3) is 22.6 Å². The molecule has 2 aromatic heterocycles. The van der Waals surface area contributed by atoms with Gasteiger partial charge in [-0.2, -0.15) is 0 Å². The third-order valence-electron chi connectivity index (χ3n) is 2.36. The summed E-state index contributed by atoms with van der Waals surface area (Å²) in [5, 5.41) is 0. The molecule has 0 aliphatic heterocycles. The standard InChI is InChI=1S/C13H8N3S.Ir/c1-2-7-14-12(6-1)10-4-3-5-11(8-10)13-15-9-17-16-13;/h1-4,6-9H;/q-1;. The van der Waals surface area contributed by atoms with Crippen molar-refractivity contribution in [3.8, 4) is 22.6 Å². The Morgan fingerprint density at radius 1 is 1.11 bits per heavy atom. The fourth-order valence-corrected chi connectivity index (χ4v) is 2.02. The minimum atomic E-state index is 0. The van der Waals surface area contributed by atoms with Crippen molar-refractivity contribution in [2.24, 2.45) is 0 Å². The van der Waals surface area contributed by atoms with E-state index >= 15 is 0 Å². The Balaban J connectivity index is 0.00000120. The second-order valence-corrected chi connectivity index (χ2v) is 4.07. The summed E-state index contributed by atoms with van der Waals surface area (Å²) in [6.45, 7) is 0. The van der Waals surface area contributed by atoms with E-state index in [4.69, 9.17) is 0 Å². The molecule has 18 heavy (non-hydrogen) atoms. The molecular weight excluding hydrogens is 422 g/mol. The minimum absolute atomic E-state index is 0. The van der Waals surface area contributed by atoms with Gasteiger partial charge in [0.25, 0.3) is 0 Å². The molecule has 0 atom stereocenters. The number of pyridine rings is 1. The number of hydrogen-bond acceptors (Lipinski definition) is 4. The predicted octanol–water partition coefficient (Wildman–Crippen LogP) is 3.06. The van der Waals surface area contributed by atoms with Crippen molar-refractivity contribution in [1.29, 1.82) is 0 Å². The van der Waals surface area contributed by atoms with E-state index in [1.165, 1.54) is 11.5 Å². The largest absolute Gasteiger partial charge is 0.272 e. The van der Waals surface area contributed by atoms with Crippen LogP contribution in [0.15, 0.2) is 48.1 Å². The van der Waals surface area contributed by atoms with Gasteiger partial charge in [0.05, 0.1) is 17.0 Å². The zero-order valence-electron chi connectivity index (χ0n) is 9.20. The van der Waals surface area contributed by atoms with Crippen LogP contribution in [0.4, 0.5) is 0 Å². The number of aromatic nitrogens is 3. The van der Waals surface area contributed by atoms with Gasteiger partial charge in [0.2, 0.25) is 0 Å². The molecule has 91 valence electrons. The molecule has 0 N–H and O–H groups in total. The maximum Gasteiger partial charge on any atom is 0.0886 e. The van der Waals surface area contributed by atoms with Gasteiger partial charge < -0.3 is 0 Å². The summed E-state index contributed by atoms with van der Waals surface area (Å²) in [6.07, 6.45) is 1.78. The average molecular weight is 431 g/mol. The molecule has 1 aromatic carbocycles. The van der Waals surface area contributed by atoms with Gasteiger partial charge in [-0.15, -0.1) is 29.8 Å². The van der Waals surface area contributed by atoms with Crippen molar-refractivity contribution in [2.45, 2.75) is 0 Å². The van der Waals surface area contributed by atoms with Crippen LogP contribution < -0.4 is 0 Å².